The average molecular weight is 333 g/mol. The van der Waals surface area contributed by atoms with Gasteiger partial charge >= 0.3 is 0 Å². The van der Waals surface area contributed by atoms with Gasteiger partial charge < -0.3 is 9.84 Å². The minimum Gasteiger partial charge on any atom is -0.463 e. The van der Waals surface area contributed by atoms with Crippen molar-refractivity contribution >= 4 is 16.5 Å². The molecule has 0 spiro atoms. The molecule has 2 heterocycles. The third-order valence-corrected chi connectivity index (χ3v) is 4.76. The molecule has 1 fully saturated rings. The highest BCUT2D eigenvalue weighted by Gasteiger charge is 2.18. The standard InChI is InChI=1S/C21H23N3O/c1-17(21-10-5-15-25-21)22-24-13-11-23(12-14-24)16-19-8-4-7-18-6-2-3-9-20(18)19/h2-10,15,22H,1,11-14,16H2. The fourth-order valence-electron chi connectivity index (χ4n) is 3.39. The van der Waals surface area contributed by atoms with Crippen molar-refractivity contribution in [2.24, 2.45) is 0 Å². The Labute approximate surface area is 148 Å². The highest BCUT2D eigenvalue weighted by atomic mass is 16.3. The van der Waals surface area contributed by atoms with Crippen LogP contribution < -0.4 is 5.43 Å². The molecule has 4 nitrogen and oxygen atoms in total. The predicted octanol–water partition coefficient (Wildman–Crippen LogP) is 3.73. The van der Waals surface area contributed by atoms with E-state index < -0.39 is 0 Å². The van der Waals surface area contributed by atoms with Crippen molar-refractivity contribution in [3.05, 3.63) is 78.8 Å². The lowest BCUT2D eigenvalue weighted by molar-refractivity contribution is 0.104. The maximum absolute atomic E-state index is 5.38. The molecule has 1 N–H and O–H groups in total. The summed E-state index contributed by atoms with van der Waals surface area (Å²) in [4.78, 5) is 2.51. The minimum atomic E-state index is 0.790. The Morgan fingerprint density at radius 3 is 2.56 bits per heavy atom. The first-order valence-electron chi connectivity index (χ1n) is 8.73. The summed E-state index contributed by atoms with van der Waals surface area (Å²) in [6, 6.07) is 19.0. The summed E-state index contributed by atoms with van der Waals surface area (Å²) in [5, 5.41) is 4.89. The van der Waals surface area contributed by atoms with Crippen molar-refractivity contribution < 1.29 is 4.42 Å². The van der Waals surface area contributed by atoms with E-state index in [1.807, 2.05) is 12.1 Å². The summed E-state index contributed by atoms with van der Waals surface area (Å²) < 4.78 is 5.38. The van der Waals surface area contributed by atoms with Crippen LogP contribution >= 0.6 is 0 Å². The first-order valence-corrected chi connectivity index (χ1v) is 8.73. The number of fused-ring (bicyclic) bond motifs is 1. The maximum Gasteiger partial charge on any atom is 0.150 e. The monoisotopic (exact) mass is 333 g/mol. The molecule has 3 aromatic rings. The van der Waals surface area contributed by atoms with Crippen molar-refractivity contribution in [2.75, 3.05) is 26.2 Å². The van der Waals surface area contributed by atoms with Gasteiger partial charge in [0.25, 0.3) is 0 Å². The molecule has 0 aliphatic carbocycles. The molecule has 0 unspecified atom stereocenters. The molecule has 0 radical (unpaired) electrons. The third-order valence-electron chi connectivity index (χ3n) is 4.76. The van der Waals surface area contributed by atoms with Crippen LogP contribution in [0, 0.1) is 0 Å². The Hall–Kier alpha value is -2.56. The molecule has 0 bridgehead atoms. The van der Waals surface area contributed by atoms with E-state index in [9.17, 15) is 0 Å². The Balaban J connectivity index is 1.35. The number of rotatable bonds is 5. The zero-order chi connectivity index (χ0) is 17.1. The number of hydrogen-bond donors (Lipinski definition) is 1. The van der Waals surface area contributed by atoms with Crippen LogP contribution in [0.3, 0.4) is 0 Å². The Morgan fingerprint density at radius 2 is 1.76 bits per heavy atom. The first kappa shape index (κ1) is 15.9. The number of benzene rings is 2. The van der Waals surface area contributed by atoms with Crippen molar-refractivity contribution in [3.63, 3.8) is 0 Å². The first-order chi connectivity index (χ1) is 12.3. The van der Waals surface area contributed by atoms with Crippen molar-refractivity contribution in [1.29, 1.82) is 0 Å². The van der Waals surface area contributed by atoms with Gasteiger partial charge in [0, 0.05) is 32.7 Å². The van der Waals surface area contributed by atoms with Gasteiger partial charge in [-0.15, -0.1) is 0 Å². The van der Waals surface area contributed by atoms with Crippen LogP contribution in [0.15, 0.2) is 71.9 Å². The molecule has 128 valence electrons. The largest absolute Gasteiger partial charge is 0.463 e. The summed E-state index contributed by atoms with van der Waals surface area (Å²) in [5.41, 5.74) is 5.57. The smallest absolute Gasteiger partial charge is 0.150 e. The maximum atomic E-state index is 5.38. The molecule has 1 aliphatic heterocycles. The molecular formula is C21H23N3O. The zero-order valence-corrected chi connectivity index (χ0v) is 14.3. The Morgan fingerprint density at radius 1 is 0.960 bits per heavy atom. The van der Waals surface area contributed by atoms with Gasteiger partial charge in [0.2, 0.25) is 0 Å². The number of piperazine rings is 1. The van der Waals surface area contributed by atoms with Crippen LogP contribution in [0.25, 0.3) is 16.5 Å². The van der Waals surface area contributed by atoms with E-state index in [0.717, 1.165) is 44.2 Å². The molecule has 0 amide bonds. The Bertz CT molecular complexity index is 843. The second kappa shape index (κ2) is 7.13. The van der Waals surface area contributed by atoms with Crippen LogP contribution in [0.5, 0.6) is 0 Å². The highest BCUT2D eigenvalue weighted by Crippen LogP contribution is 2.20. The van der Waals surface area contributed by atoms with E-state index in [-0.39, 0.29) is 0 Å². The van der Waals surface area contributed by atoms with Crippen LogP contribution in [-0.2, 0) is 6.54 Å². The van der Waals surface area contributed by atoms with E-state index in [1.165, 1.54) is 16.3 Å². The SMILES string of the molecule is C=C(NN1CCN(Cc2cccc3ccccc23)CC1)c1ccco1. The van der Waals surface area contributed by atoms with Crippen LogP contribution in [0.4, 0.5) is 0 Å². The lowest BCUT2D eigenvalue weighted by atomic mass is 10.0. The van der Waals surface area contributed by atoms with Gasteiger partial charge in [0.15, 0.2) is 0 Å². The lowest BCUT2D eigenvalue weighted by Crippen LogP contribution is -2.50. The topological polar surface area (TPSA) is 31.6 Å². The summed E-state index contributed by atoms with van der Waals surface area (Å²) >= 11 is 0. The van der Waals surface area contributed by atoms with Gasteiger partial charge in [-0.1, -0.05) is 49.0 Å². The lowest BCUT2D eigenvalue weighted by Gasteiger charge is -2.35. The van der Waals surface area contributed by atoms with Crippen molar-refractivity contribution in [3.8, 4) is 0 Å². The number of furan rings is 1. The third kappa shape index (κ3) is 3.60. The summed E-state index contributed by atoms with van der Waals surface area (Å²) in [6.45, 7) is 9.03. The van der Waals surface area contributed by atoms with E-state index in [1.54, 1.807) is 6.26 Å². The van der Waals surface area contributed by atoms with Crippen LogP contribution in [-0.4, -0.2) is 36.1 Å². The van der Waals surface area contributed by atoms with Crippen molar-refractivity contribution in [2.45, 2.75) is 6.54 Å². The van der Waals surface area contributed by atoms with Gasteiger partial charge in [-0.05, 0) is 28.5 Å². The molecule has 4 heteroatoms. The van der Waals surface area contributed by atoms with E-state index in [4.69, 9.17) is 4.42 Å². The molecule has 4 rings (SSSR count). The van der Waals surface area contributed by atoms with Gasteiger partial charge in [0.05, 0.1) is 12.0 Å². The van der Waals surface area contributed by atoms with E-state index in [2.05, 4.69) is 64.4 Å². The molecular weight excluding hydrogens is 310 g/mol. The number of hydrogen-bond acceptors (Lipinski definition) is 4. The molecule has 25 heavy (non-hydrogen) atoms. The quantitative estimate of drug-likeness (QED) is 0.771. The number of nitrogens with zero attached hydrogens (tertiary/aromatic N) is 2. The Kier molecular flexibility index (Phi) is 4.55. The average Bonchev–Trinajstić information content (AvgIpc) is 3.19. The zero-order valence-electron chi connectivity index (χ0n) is 14.3. The fourth-order valence-corrected chi connectivity index (χ4v) is 3.39. The summed E-state index contributed by atoms with van der Waals surface area (Å²) in [6.07, 6.45) is 1.67. The van der Waals surface area contributed by atoms with Crippen molar-refractivity contribution in [1.82, 2.24) is 15.3 Å². The molecule has 1 aromatic heterocycles. The fraction of sp³-hybridized carbons (Fsp3) is 0.238. The minimum absolute atomic E-state index is 0.790. The molecule has 0 atom stereocenters. The van der Waals surface area contributed by atoms with E-state index in [0.29, 0.717) is 0 Å². The second-order valence-electron chi connectivity index (χ2n) is 6.47. The van der Waals surface area contributed by atoms with E-state index >= 15 is 0 Å². The normalized spacial score (nSPS) is 16.2. The molecule has 1 aliphatic rings. The molecule has 1 saturated heterocycles. The molecule has 0 saturated carbocycles. The number of hydrazine groups is 1. The van der Waals surface area contributed by atoms with Crippen LogP contribution in [0.1, 0.15) is 11.3 Å². The van der Waals surface area contributed by atoms with Gasteiger partial charge in [-0.3, -0.25) is 4.90 Å². The number of nitrogens with one attached hydrogen (secondary N) is 1. The predicted molar refractivity (Wildman–Crippen MR) is 102 cm³/mol. The summed E-state index contributed by atoms with van der Waals surface area (Å²) in [7, 11) is 0. The van der Waals surface area contributed by atoms with Crippen LogP contribution in [0.2, 0.25) is 0 Å². The summed E-state index contributed by atoms with van der Waals surface area (Å²) in [5.74, 6) is 0.790. The van der Waals surface area contributed by atoms with Gasteiger partial charge in [-0.2, -0.15) is 0 Å². The van der Waals surface area contributed by atoms with Gasteiger partial charge in [0.1, 0.15) is 5.76 Å². The molecule has 2 aromatic carbocycles. The second-order valence-corrected chi connectivity index (χ2v) is 6.47. The van der Waals surface area contributed by atoms with Gasteiger partial charge in [-0.25, -0.2) is 5.01 Å². The highest BCUT2D eigenvalue weighted by molar-refractivity contribution is 5.85.